The zero-order chi connectivity index (χ0) is 20.4. The van der Waals surface area contributed by atoms with Crippen LogP contribution in [-0.4, -0.2) is 12.5 Å². The summed E-state index contributed by atoms with van der Waals surface area (Å²) >= 11 is 0. The van der Waals surface area contributed by atoms with Gasteiger partial charge in [-0.3, -0.25) is 4.79 Å². The molecule has 0 radical (unpaired) electrons. The molecule has 0 spiro atoms. The van der Waals surface area contributed by atoms with Crippen molar-refractivity contribution in [3.63, 3.8) is 0 Å². The van der Waals surface area contributed by atoms with Crippen LogP contribution in [0.2, 0.25) is 0 Å². The average Bonchev–Trinajstić information content (AvgIpc) is 2.66. The molecule has 0 atom stereocenters. The molecule has 2 aromatic carbocycles. The molecule has 0 aliphatic heterocycles. The van der Waals surface area contributed by atoms with Gasteiger partial charge in [0.2, 0.25) is 5.91 Å². The van der Waals surface area contributed by atoms with E-state index in [0.29, 0.717) is 19.4 Å². The van der Waals surface area contributed by atoms with Crippen LogP contribution in [0.1, 0.15) is 50.2 Å². The number of unbranched alkanes of at least 4 members (excludes halogenated alkanes) is 3. The minimum absolute atomic E-state index is 0.0270. The van der Waals surface area contributed by atoms with Gasteiger partial charge in [-0.1, -0.05) is 38.3 Å². The van der Waals surface area contributed by atoms with E-state index in [1.54, 1.807) is 0 Å². The molecule has 0 unspecified atom stereocenters. The molecule has 0 aliphatic rings. The number of hydrogen-bond acceptors (Lipinski definition) is 2. The van der Waals surface area contributed by atoms with Gasteiger partial charge in [0, 0.05) is 24.3 Å². The maximum Gasteiger partial charge on any atom is 0.416 e. The zero-order valence-electron chi connectivity index (χ0n) is 16.1. The number of halogens is 3. The zero-order valence-corrected chi connectivity index (χ0v) is 16.1. The number of rotatable bonds is 10. The van der Waals surface area contributed by atoms with Gasteiger partial charge in [-0.25, -0.2) is 0 Å². The molecule has 2 aromatic rings. The van der Waals surface area contributed by atoms with Gasteiger partial charge in [-0.05, 0) is 54.8 Å². The van der Waals surface area contributed by atoms with E-state index in [0.717, 1.165) is 54.8 Å². The Morgan fingerprint density at radius 1 is 0.893 bits per heavy atom. The normalized spacial score (nSPS) is 11.3. The fourth-order valence-corrected chi connectivity index (χ4v) is 2.82. The second-order valence-electron chi connectivity index (χ2n) is 6.81. The van der Waals surface area contributed by atoms with Gasteiger partial charge < -0.3 is 10.6 Å². The van der Waals surface area contributed by atoms with E-state index in [1.165, 1.54) is 12.1 Å². The number of alkyl halides is 3. The van der Waals surface area contributed by atoms with Crippen LogP contribution < -0.4 is 10.6 Å². The molecule has 0 saturated carbocycles. The fraction of sp³-hybridized carbons (Fsp3) is 0.409. The summed E-state index contributed by atoms with van der Waals surface area (Å²) in [6.45, 7) is 2.74. The summed E-state index contributed by atoms with van der Waals surface area (Å²) < 4.78 is 37.7. The maximum absolute atomic E-state index is 12.6. The summed E-state index contributed by atoms with van der Waals surface area (Å²) in [5, 5.41) is 6.12. The second kappa shape index (κ2) is 10.7. The van der Waals surface area contributed by atoms with Crippen molar-refractivity contribution in [2.75, 3.05) is 17.2 Å². The minimum Gasteiger partial charge on any atom is -0.385 e. The van der Waals surface area contributed by atoms with E-state index in [9.17, 15) is 18.0 Å². The topological polar surface area (TPSA) is 41.1 Å². The van der Waals surface area contributed by atoms with Crippen molar-refractivity contribution in [1.82, 2.24) is 0 Å². The van der Waals surface area contributed by atoms with Gasteiger partial charge in [0.15, 0.2) is 0 Å². The highest BCUT2D eigenvalue weighted by Gasteiger charge is 2.29. The number of anilines is 2. The van der Waals surface area contributed by atoms with Crippen LogP contribution in [0, 0.1) is 0 Å². The van der Waals surface area contributed by atoms with Crippen molar-refractivity contribution >= 4 is 17.3 Å². The van der Waals surface area contributed by atoms with Gasteiger partial charge in [0.05, 0.1) is 5.56 Å². The molecule has 0 aliphatic carbocycles. The lowest BCUT2D eigenvalue weighted by molar-refractivity contribution is -0.137. The summed E-state index contributed by atoms with van der Waals surface area (Å²) in [6.07, 6.45) is 1.13. The third kappa shape index (κ3) is 7.62. The number of nitrogens with one attached hydrogen (secondary N) is 2. The van der Waals surface area contributed by atoms with Crippen molar-refractivity contribution in [1.29, 1.82) is 0 Å². The van der Waals surface area contributed by atoms with Gasteiger partial charge in [-0.2, -0.15) is 13.2 Å². The Balaban J connectivity index is 1.73. The lowest BCUT2D eigenvalue weighted by atomic mass is 10.1. The maximum atomic E-state index is 12.6. The molecule has 0 saturated heterocycles. The average molecular weight is 392 g/mol. The van der Waals surface area contributed by atoms with Gasteiger partial charge in [-0.15, -0.1) is 0 Å². The minimum atomic E-state index is -4.30. The molecule has 0 aromatic heterocycles. The van der Waals surface area contributed by atoms with Crippen LogP contribution in [0.4, 0.5) is 24.5 Å². The summed E-state index contributed by atoms with van der Waals surface area (Å²) in [4.78, 5) is 11.9. The number of carbonyl (C=O) groups excluding carboxylic acids is 1. The quantitative estimate of drug-likeness (QED) is 0.468. The summed E-state index contributed by atoms with van der Waals surface area (Å²) in [7, 11) is 0. The molecule has 28 heavy (non-hydrogen) atoms. The smallest absolute Gasteiger partial charge is 0.385 e. The Kier molecular flexibility index (Phi) is 8.36. The molecular weight excluding hydrogens is 365 g/mol. The van der Waals surface area contributed by atoms with Crippen LogP contribution in [0.15, 0.2) is 48.5 Å². The van der Waals surface area contributed by atoms with Crippen molar-refractivity contribution in [3.05, 3.63) is 59.7 Å². The number of benzene rings is 2. The standard InChI is InChI=1S/C22H27F3N2O/c1-2-3-4-5-6-21(28)27-20-13-11-19(12-14-20)26-16-15-17-7-9-18(10-8-17)22(23,24)25/h7-14,26H,2-6,15-16H2,1H3,(H,27,28). The van der Waals surface area contributed by atoms with Crippen molar-refractivity contribution in [2.24, 2.45) is 0 Å². The summed E-state index contributed by atoms with van der Waals surface area (Å²) in [6, 6.07) is 12.6. The van der Waals surface area contributed by atoms with Crippen LogP contribution in [-0.2, 0) is 17.4 Å². The van der Waals surface area contributed by atoms with Crippen molar-refractivity contribution in [2.45, 2.75) is 51.6 Å². The second-order valence-corrected chi connectivity index (χ2v) is 6.81. The van der Waals surface area contributed by atoms with E-state index in [1.807, 2.05) is 24.3 Å². The van der Waals surface area contributed by atoms with Crippen molar-refractivity contribution in [3.8, 4) is 0 Å². The third-order valence-corrected chi connectivity index (χ3v) is 4.45. The molecule has 1 amide bonds. The number of carbonyl (C=O) groups is 1. The fourth-order valence-electron chi connectivity index (χ4n) is 2.82. The lowest BCUT2D eigenvalue weighted by Crippen LogP contribution is -2.11. The predicted octanol–water partition coefficient (Wildman–Crippen LogP) is 6.27. The van der Waals surface area contributed by atoms with E-state index >= 15 is 0 Å². The molecular formula is C22H27F3N2O. The molecule has 0 heterocycles. The van der Waals surface area contributed by atoms with Crippen LogP contribution in [0.5, 0.6) is 0 Å². The first-order valence-corrected chi connectivity index (χ1v) is 9.68. The SMILES string of the molecule is CCCCCCC(=O)Nc1ccc(NCCc2ccc(C(F)(F)F)cc2)cc1. The molecule has 2 rings (SSSR count). The van der Waals surface area contributed by atoms with E-state index in [2.05, 4.69) is 17.6 Å². The first kappa shape index (κ1) is 21.8. The van der Waals surface area contributed by atoms with Gasteiger partial charge >= 0.3 is 6.18 Å². The Morgan fingerprint density at radius 3 is 2.14 bits per heavy atom. The third-order valence-electron chi connectivity index (χ3n) is 4.45. The predicted molar refractivity (Wildman–Crippen MR) is 107 cm³/mol. The largest absolute Gasteiger partial charge is 0.416 e. The van der Waals surface area contributed by atoms with E-state index in [-0.39, 0.29) is 5.91 Å². The number of hydrogen-bond donors (Lipinski definition) is 2. The Labute approximate surface area is 164 Å². The Hall–Kier alpha value is -2.50. The number of amides is 1. The monoisotopic (exact) mass is 392 g/mol. The Morgan fingerprint density at radius 2 is 1.54 bits per heavy atom. The highest BCUT2D eigenvalue weighted by atomic mass is 19.4. The molecule has 3 nitrogen and oxygen atoms in total. The molecule has 6 heteroatoms. The van der Waals surface area contributed by atoms with Crippen LogP contribution in [0.25, 0.3) is 0 Å². The molecule has 152 valence electrons. The van der Waals surface area contributed by atoms with Crippen LogP contribution >= 0.6 is 0 Å². The van der Waals surface area contributed by atoms with E-state index in [4.69, 9.17) is 0 Å². The lowest BCUT2D eigenvalue weighted by Gasteiger charge is -2.10. The molecule has 0 fully saturated rings. The summed E-state index contributed by atoms with van der Waals surface area (Å²) in [5.74, 6) is 0.0270. The van der Waals surface area contributed by atoms with E-state index < -0.39 is 11.7 Å². The summed E-state index contributed by atoms with van der Waals surface area (Å²) in [5.41, 5.74) is 1.86. The van der Waals surface area contributed by atoms with Gasteiger partial charge in [0.25, 0.3) is 0 Å². The first-order chi connectivity index (χ1) is 13.4. The molecule has 2 N–H and O–H groups in total. The highest BCUT2D eigenvalue weighted by molar-refractivity contribution is 5.90. The van der Waals surface area contributed by atoms with Crippen molar-refractivity contribution < 1.29 is 18.0 Å². The first-order valence-electron chi connectivity index (χ1n) is 9.68. The highest BCUT2D eigenvalue weighted by Crippen LogP contribution is 2.29. The van der Waals surface area contributed by atoms with Crippen LogP contribution in [0.3, 0.4) is 0 Å². The Bertz CT molecular complexity index is 725. The molecule has 0 bridgehead atoms. The van der Waals surface area contributed by atoms with Gasteiger partial charge in [0.1, 0.15) is 0 Å².